The lowest BCUT2D eigenvalue weighted by Gasteiger charge is -2.11. The normalized spacial score (nSPS) is 26.5. The van der Waals surface area contributed by atoms with Crippen molar-refractivity contribution in [3.8, 4) is 0 Å². The van der Waals surface area contributed by atoms with Gasteiger partial charge < -0.3 is 10.4 Å². The maximum atomic E-state index is 10.9. The van der Waals surface area contributed by atoms with Crippen molar-refractivity contribution in [2.45, 2.75) is 25.5 Å². The third-order valence-corrected chi connectivity index (χ3v) is 1.71. The number of nitrogens with zero attached hydrogens (tertiary/aromatic N) is 1. The Morgan fingerprint density at radius 2 is 2.55 bits per heavy atom. The molecule has 0 spiro atoms. The van der Waals surface area contributed by atoms with Crippen LogP contribution in [0.5, 0.6) is 0 Å². The Labute approximate surface area is 66.0 Å². The fourth-order valence-electron chi connectivity index (χ4n) is 1.03. The summed E-state index contributed by atoms with van der Waals surface area (Å²) in [5.74, 6) is -0.299. The van der Waals surface area contributed by atoms with Crippen LogP contribution in [-0.4, -0.2) is 36.2 Å². The van der Waals surface area contributed by atoms with Gasteiger partial charge in [-0.25, -0.2) is 5.32 Å². The number of hydrogen-bond donors (Lipinski definition) is 2. The van der Waals surface area contributed by atoms with Crippen molar-refractivity contribution >= 4 is 5.91 Å². The molecule has 1 fully saturated rings. The number of amides is 1. The molecule has 0 aliphatic carbocycles. The van der Waals surface area contributed by atoms with Gasteiger partial charge in [-0.2, -0.15) is 0 Å². The molecule has 1 heterocycles. The summed E-state index contributed by atoms with van der Waals surface area (Å²) >= 11 is 0. The van der Waals surface area contributed by atoms with Crippen LogP contribution < -0.4 is 10.6 Å². The lowest BCUT2D eigenvalue weighted by Crippen LogP contribution is -2.40. The largest absolute Gasteiger partial charge is 0.384 e. The van der Waals surface area contributed by atoms with Gasteiger partial charge in [0, 0.05) is 19.1 Å². The first-order valence-electron chi connectivity index (χ1n) is 3.82. The number of carbonyl (C=O) groups is 1. The summed E-state index contributed by atoms with van der Waals surface area (Å²) in [6.45, 7) is 2.98. The van der Waals surface area contributed by atoms with Crippen molar-refractivity contribution < 1.29 is 9.90 Å². The van der Waals surface area contributed by atoms with E-state index in [1.54, 1.807) is 0 Å². The molecule has 0 aromatic carbocycles. The maximum Gasteiger partial charge on any atom is 0.248 e. The van der Waals surface area contributed by atoms with Gasteiger partial charge in [0.05, 0.1) is 0 Å². The minimum absolute atomic E-state index is 0.150. The van der Waals surface area contributed by atoms with Crippen molar-refractivity contribution in [2.75, 3.05) is 13.1 Å². The van der Waals surface area contributed by atoms with Gasteiger partial charge >= 0.3 is 0 Å². The summed E-state index contributed by atoms with van der Waals surface area (Å²) in [4.78, 5) is 10.9. The molecule has 0 unspecified atom stereocenters. The summed E-state index contributed by atoms with van der Waals surface area (Å²) in [5, 5.41) is 15.6. The molecule has 0 aromatic heterocycles. The predicted octanol–water partition coefficient (Wildman–Crippen LogP) is -1.14. The Balaban J connectivity index is 2.24. The van der Waals surface area contributed by atoms with E-state index in [9.17, 15) is 4.79 Å². The van der Waals surface area contributed by atoms with Gasteiger partial charge in [-0.05, 0) is 13.3 Å². The van der Waals surface area contributed by atoms with Crippen LogP contribution in [0.3, 0.4) is 0 Å². The van der Waals surface area contributed by atoms with E-state index < -0.39 is 6.10 Å². The zero-order valence-electron chi connectivity index (χ0n) is 6.58. The summed E-state index contributed by atoms with van der Waals surface area (Å²) in [5.41, 5.74) is 0. The molecule has 1 saturated heterocycles. The third-order valence-electron chi connectivity index (χ3n) is 1.71. The Kier molecular flexibility index (Phi) is 2.84. The van der Waals surface area contributed by atoms with Crippen LogP contribution in [0.1, 0.15) is 13.3 Å². The van der Waals surface area contributed by atoms with E-state index in [0.717, 1.165) is 13.0 Å². The SMILES string of the molecule is C[C@H](O)C(=O)N[C@@H]1CC[N]C1. The Morgan fingerprint density at radius 1 is 1.82 bits per heavy atom. The molecule has 2 N–H and O–H groups in total. The van der Waals surface area contributed by atoms with E-state index in [1.165, 1.54) is 6.92 Å². The molecule has 0 aromatic rings. The van der Waals surface area contributed by atoms with E-state index in [-0.39, 0.29) is 11.9 Å². The zero-order chi connectivity index (χ0) is 8.27. The number of carbonyl (C=O) groups excluding carboxylic acids is 1. The molecular formula is C7H13N2O2. The Bertz CT molecular complexity index is 141. The average molecular weight is 157 g/mol. The highest BCUT2D eigenvalue weighted by molar-refractivity contribution is 5.80. The second-order valence-electron chi connectivity index (χ2n) is 2.80. The minimum Gasteiger partial charge on any atom is -0.384 e. The highest BCUT2D eigenvalue weighted by atomic mass is 16.3. The fourth-order valence-corrected chi connectivity index (χ4v) is 1.03. The van der Waals surface area contributed by atoms with Gasteiger partial charge in [0.15, 0.2) is 0 Å². The van der Waals surface area contributed by atoms with Crippen LogP contribution >= 0.6 is 0 Å². The fraction of sp³-hybridized carbons (Fsp3) is 0.857. The third kappa shape index (κ3) is 2.48. The molecule has 0 bridgehead atoms. The average Bonchev–Trinajstić information content (AvgIpc) is 2.39. The van der Waals surface area contributed by atoms with Crippen molar-refractivity contribution in [2.24, 2.45) is 0 Å². The molecule has 4 nitrogen and oxygen atoms in total. The lowest BCUT2D eigenvalue weighted by molar-refractivity contribution is -0.129. The molecule has 1 aliphatic heterocycles. The van der Waals surface area contributed by atoms with E-state index in [1.807, 2.05) is 0 Å². The zero-order valence-corrected chi connectivity index (χ0v) is 6.58. The van der Waals surface area contributed by atoms with Crippen molar-refractivity contribution in [3.63, 3.8) is 0 Å². The number of aliphatic hydroxyl groups excluding tert-OH is 1. The van der Waals surface area contributed by atoms with E-state index in [0.29, 0.717) is 6.54 Å². The number of nitrogens with one attached hydrogen (secondary N) is 1. The number of aliphatic hydroxyl groups is 1. The van der Waals surface area contributed by atoms with E-state index in [4.69, 9.17) is 5.11 Å². The van der Waals surface area contributed by atoms with Gasteiger partial charge in [0.25, 0.3) is 0 Å². The van der Waals surface area contributed by atoms with Crippen molar-refractivity contribution in [3.05, 3.63) is 0 Å². The van der Waals surface area contributed by atoms with Gasteiger partial charge in [-0.1, -0.05) is 0 Å². The number of hydrogen-bond acceptors (Lipinski definition) is 2. The monoisotopic (exact) mass is 157 g/mol. The van der Waals surface area contributed by atoms with E-state index >= 15 is 0 Å². The van der Waals surface area contributed by atoms with Crippen molar-refractivity contribution in [1.82, 2.24) is 10.6 Å². The second-order valence-corrected chi connectivity index (χ2v) is 2.80. The van der Waals surface area contributed by atoms with Gasteiger partial charge in [-0.15, -0.1) is 0 Å². The van der Waals surface area contributed by atoms with Crippen LogP contribution in [0, 0.1) is 0 Å². The molecule has 63 valence electrons. The van der Waals surface area contributed by atoms with Crippen LogP contribution in [0.4, 0.5) is 0 Å². The first-order chi connectivity index (χ1) is 5.20. The molecule has 2 atom stereocenters. The van der Waals surface area contributed by atoms with Crippen LogP contribution in [0.25, 0.3) is 0 Å². The lowest BCUT2D eigenvalue weighted by atomic mass is 10.2. The van der Waals surface area contributed by atoms with Crippen molar-refractivity contribution in [1.29, 1.82) is 0 Å². The molecule has 0 saturated carbocycles. The molecular weight excluding hydrogens is 144 g/mol. The van der Waals surface area contributed by atoms with E-state index in [2.05, 4.69) is 10.6 Å². The molecule has 1 amide bonds. The van der Waals surface area contributed by atoms with Crippen LogP contribution in [0.15, 0.2) is 0 Å². The second kappa shape index (κ2) is 3.69. The summed E-state index contributed by atoms with van der Waals surface area (Å²) in [7, 11) is 0. The molecule has 1 aliphatic rings. The Hall–Kier alpha value is -0.610. The highest BCUT2D eigenvalue weighted by Gasteiger charge is 2.19. The topological polar surface area (TPSA) is 63.4 Å². The van der Waals surface area contributed by atoms with Crippen LogP contribution in [0.2, 0.25) is 0 Å². The Morgan fingerprint density at radius 3 is 3.00 bits per heavy atom. The summed E-state index contributed by atoms with van der Waals surface area (Å²) in [6.07, 6.45) is -0.00560. The maximum absolute atomic E-state index is 10.9. The van der Waals surface area contributed by atoms with Gasteiger partial charge in [0.2, 0.25) is 5.91 Å². The molecule has 11 heavy (non-hydrogen) atoms. The smallest absolute Gasteiger partial charge is 0.248 e. The quantitative estimate of drug-likeness (QED) is 0.532. The predicted molar refractivity (Wildman–Crippen MR) is 40.1 cm³/mol. The van der Waals surface area contributed by atoms with Gasteiger partial charge in [0.1, 0.15) is 6.10 Å². The first kappa shape index (κ1) is 8.49. The first-order valence-corrected chi connectivity index (χ1v) is 3.82. The van der Waals surface area contributed by atoms with Crippen LogP contribution in [-0.2, 0) is 4.79 Å². The van der Waals surface area contributed by atoms with Gasteiger partial charge in [-0.3, -0.25) is 4.79 Å². The molecule has 1 rings (SSSR count). The highest BCUT2D eigenvalue weighted by Crippen LogP contribution is 1.98. The molecule has 4 heteroatoms. The number of rotatable bonds is 2. The standard InChI is InChI=1S/C7H13N2O2/c1-5(10)7(11)9-6-2-3-8-4-6/h5-6,10H,2-4H2,1H3,(H,9,11)/t5-,6+/m0/s1. The summed E-state index contributed by atoms with van der Waals surface area (Å²) in [6, 6.07) is 0.150. The summed E-state index contributed by atoms with van der Waals surface area (Å²) < 4.78 is 0. The molecule has 1 radical (unpaired) electrons. The minimum atomic E-state index is -0.907.